The average Bonchev–Trinajstić information content (AvgIpc) is 3.33. The molecule has 1 aromatic rings. The van der Waals surface area contributed by atoms with Gasteiger partial charge in [-0.25, -0.2) is 0 Å². The molecular formula is C22H28N2O6S. The lowest BCUT2D eigenvalue weighted by molar-refractivity contribution is -0.154. The number of hydrogen-bond donors (Lipinski definition) is 2. The first-order valence-electron chi connectivity index (χ1n) is 10.6. The molecule has 0 saturated carbocycles. The maximum absolute atomic E-state index is 13.5. The number of hydrogen-bond acceptors (Lipinski definition) is 7. The van der Waals surface area contributed by atoms with Gasteiger partial charge in [-0.1, -0.05) is 6.92 Å². The van der Waals surface area contributed by atoms with Gasteiger partial charge in [0.2, 0.25) is 11.8 Å². The summed E-state index contributed by atoms with van der Waals surface area (Å²) in [5.41, 5.74) is 0.592. The van der Waals surface area contributed by atoms with E-state index >= 15 is 0 Å². The Morgan fingerprint density at radius 1 is 1.32 bits per heavy atom. The fraction of sp³-hybridized carbons (Fsp3) is 0.591. The van der Waals surface area contributed by atoms with Crippen molar-refractivity contribution >= 4 is 35.2 Å². The van der Waals surface area contributed by atoms with Gasteiger partial charge >= 0.3 is 5.97 Å². The van der Waals surface area contributed by atoms with Gasteiger partial charge in [-0.15, -0.1) is 11.8 Å². The topological polar surface area (TPSA) is 105 Å². The fourth-order valence-electron chi connectivity index (χ4n) is 5.56. The molecule has 1 aromatic carbocycles. The van der Waals surface area contributed by atoms with E-state index in [0.717, 1.165) is 6.42 Å². The van der Waals surface area contributed by atoms with Gasteiger partial charge in [0, 0.05) is 17.5 Å². The number of nitrogens with zero attached hydrogens (tertiary/aromatic N) is 1. The second kappa shape index (κ2) is 8.35. The first-order valence-corrected chi connectivity index (χ1v) is 11.5. The molecule has 3 saturated heterocycles. The van der Waals surface area contributed by atoms with Crippen LogP contribution < -0.4 is 10.1 Å². The molecule has 0 radical (unpaired) electrons. The van der Waals surface area contributed by atoms with Crippen LogP contribution in [0.2, 0.25) is 0 Å². The number of methoxy groups -OCH3 is 1. The lowest BCUT2D eigenvalue weighted by atomic mass is 9.66. The second-order valence-corrected chi connectivity index (χ2v) is 9.83. The van der Waals surface area contributed by atoms with Crippen LogP contribution in [0.4, 0.5) is 5.69 Å². The number of β-amino-alcohol motifs (C(OH)–C–C–N with tert-alkyl or cyclic N) is 1. The van der Waals surface area contributed by atoms with Crippen molar-refractivity contribution in [2.45, 2.75) is 36.3 Å². The summed E-state index contributed by atoms with van der Waals surface area (Å²) >= 11 is 1.58. The van der Waals surface area contributed by atoms with E-state index in [1.54, 1.807) is 50.1 Å². The number of rotatable bonds is 7. The zero-order valence-electron chi connectivity index (χ0n) is 17.9. The number of likely N-dealkylation sites (tertiary alicyclic amines) is 1. The number of carbonyl (C=O) groups excluding carboxylic acids is 3. The molecule has 1 spiro atoms. The van der Waals surface area contributed by atoms with Gasteiger partial charge in [0.05, 0.1) is 36.9 Å². The monoisotopic (exact) mass is 448 g/mol. The lowest BCUT2D eigenvalue weighted by Crippen LogP contribution is -2.54. The van der Waals surface area contributed by atoms with Crippen molar-refractivity contribution in [2.75, 3.05) is 32.2 Å². The standard InChI is InChI=1S/C22H28N2O6S/c1-4-30-21(28)16-15-11-12(2)22(31-15)17(16)20(27)24(9-10-25)18(22)19(26)23-13-5-7-14(29-3)8-6-13/h5-8,12,15-18,25H,4,9-11H2,1-3H3,(H,23,26)/t12?,15-,16+,17+,18?,22?/m1/s1. The largest absolute Gasteiger partial charge is 0.497 e. The van der Waals surface area contributed by atoms with Crippen molar-refractivity contribution in [1.29, 1.82) is 0 Å². The van der Waals surface area contributed by atoms with E-state index in [1.165, 1.54) is 4.90 Å². The zero-order valence-corrected chi connectivity index (χ0v) is 18.7. The summed E-state index contributed by atoms with van der Waals surface area (Å²) in [4.78, 5) is 41.2. The van der Waals surface area contributed by atoms with Crippen LogP contribution >= 0.6 is 11.8 Å². The normalized spacial score (nSPS) is 33.4. The number of benzene rings is 1. The summed E-state index contributed by atoms with van der Waals surface area (Å²) in [7, 11) is 1.57. The Hall–Kier alpha value is -2.26. The predicted octanol–water partition coefficient (Wildman–Crippen LogP) is 1.53. The zero-order chi connectivity index (χ0) is 22.3. The van der Waals surface area contributed by atoms with Gasteiger partial charge < -0.3 is 24.8 Å². The number of nitrogens with one attached hydrogen (secondary N) is 1. The molecule has 168 valence electrons. The molecule has 2 bridgehead atoms. The molecule has 3 fully saturated rings. The number of esters is 1. The molecule has 3 aliphatic heterocycles. The Balaban J connectivity index is 1.69. The first kappa shape index (κ1) is 22.0. The van der Waals surface area contributed by atoms with E-state index in [2.05, 4.69) is 5.32 Å². The minimum absolute atomic E-state index is 0.0458. The number of aliphatic hydroxyl groups is 1. The minimum Gasteiger partial charge on any atom is -0.497 e. The van der Waals surface area contributed by atoms with Crippen LogP contribution in [0.3, 0.4) is 0 Å². The van der Waals surface area contributed by atoms with Gasteiger partial charge in [-0.05, 0) is 43.5 Å². The van der Waals surface area contributed by atoms with Gasteiger partial charge in [0.15, 0.2) is 0 Å². The molecule has 9 heteroatoms. The molecule has 3 aliphatic rings. The molecule has 3 unspecified atom stereocenters. The van der Waals surface area contributed by atoms with E-state index in [4.69, 9.17) is 9.47 Å². The molecular weight excluding hydrogens is 420 g/mol. The average molecular weight is 449 g/mol. The molecule has 3 heterocycles. The van der Waals surface area contributed by atoms with Crippen molar-refractivity contribution in [2.24, 2.45) is 17.8 Å². The highest BCUT2D eigenvalue weighted by Gasteiger charge is 2.76. The van der Waals surface area contributed by atoms with Crippen molar-refractivity contribution < 1.29 is 29.0 Å². The van der Waals surface area contributed by atoms with Crippen LogP contribution in [0.15, 0.2) is 24.3 Å². The lowest BCUT2D eigenvalue weighted by Gasteiger charge is -2.38. The van der Waals surface area contributed by atoms with Crippen LogP contribution in [-0.2, 0) is 19.1 Å². The Bertz CT molecular complexity index is 877. The number of anilines is 1. The van der Waals surface area contributed by atoms with E-state index < -0.39 is 22.6 Å². The summed E-state index contributed by atoms with van der Waals surface area (Å²) in [6, 6.07) is 6.20. The van der Waals surface area contributed by atoms with Crippen LogP contribution in [0, 0.1) is 17.8 Å². The smallest absolute Gasteiger partial charge is 0.310 e. The highest BCUT2D eigenvalue weighted by Crippen LogP contribution is 2.68. The number of amides is 2. The Morgan fingerprint density at radius 2 is 2.03 bits per heavy atom. The molecule has 8 nitrogen and oxygen atoms in total. The second-order valence-electron chi connectivity index (χ2n) is 8.28. The molecule has 6 atom stereocenters. The van der Waals surface area contributed by atoms with Gasteiger partial charge in [-0.3, -0.25) is 14.4 Å². The van der Waals surface area contributed by atoms with Gasteiger partial charge in [0.1, 0.15) is 11.8 Å². The molecule has 0 aliphatic carbocycles. The highest BCUT2D eigenvalue weighted by atomic mass is 32.2. The van der Waals surface area contributed by atoms with E-state index in [9.17, 15) is 19.5 Å². The maximum atomic E-state index is 13.5. The van der Waals surface area contributed by atoms with E-state index in [1.807, 2.05) is 6.92 Å². The van der Waals surface area contributed by atoms with E-state index in [0.29, 0.717) is 11.4 Å². The third-order valence-corrected chi connectivity index (χ3v) is 8.83. The van der Waals surface area contributed by atoms with Crippen LogP contribution in [0.5, 0.6) is 5.75 Å². The summed E-state index contributed by atoms with van der Waals surface area (Å²) in [5, 5.41) is 12.5. The summed E-state index contributed by atoms with van der Waals surface area (Å²) in [5.74, 6) is -1.37. The quantitative estimate of drug-likeness (QED) is 0.610. The number of carbonyl (C=O) groups is 3. The van der Waals surface area contributed by atoms with Crippen LogP contribution in [-0.4, -0.2) is 70.7 Å². The molecule has 31 heavy (non-hydrogen) atoms. The first-order chi connectivity index (χ1) is 14.9. The molecule has 2 N–H and O–H groups in total. The van der Waals surface area contributed by atoms with Gasteiger partial charge in [-0.2, -0.15) is 0 Å². The Kier molecular flexibility index (Phi) is 5.91. The number of thioether (sulfide) groups is 1. The van der Waals surface area contributed by atoms with Crippen molar-refractivity contribution in [1.82, 2.24) is 4.90 Å². The SMILES string of the molecule is CCOC(=O)[C@@H]1[C@H]2C(=O)N(CCO)C(C(=O)Nc3ccc(OC)cc3)C23S[C@@H]1CC3C. The summed E-state index contributed by atoms with van der Waals surface area (Å²) < 4.78 is 9.73. The van der Waals surface area contributed by atoms with Crippen LogP contribution in [0.25, 0.3) is 0 Å². The Labute approximate surface area is 185 Å². The van der Waals surface area contributed by atoms with E-state index in [-0.39, 0.29) is 48.7 Å². The third kappa shape index (κ3) is 3.29. The summed E-state index contributed by atoms with van der Waals surface area (Å²) in [6.07, 6.45) is 0.747. The highest BCUT2D eigenvalue weighted by molar-refractivity contribution is 8.02. The molecule has 0 aromatic heterocycles. The van der Waals surface area contributed by atoms with Crippen molar-refractivity contribution in [3.63, 3.8) is 0 Å². The minimum atomic E-state index is -0.774. The number of ether oxygens (including phenoxy) is 2. The maximum Gasteiger partial charge on any atom is 0.310 e. The fourth-order valence-corrected chi connectivity index (χ4v) is 7.97. The molecule has 4 rings (SSSR count). The van der Waals surface area contributed by atoms with Crippen LogP contribution in [0.1, 0.15) is 20.3 Å². The summed E-state index contributed by atoms with van der Waals surface area (Å²) in [6.45, 7) is 3.83. The predicted molar refractivity (Wildman–Crippen MR) is 116 cm³/mol. The van der Waals surface area contributed by atoms with Gasteiger partial charge in [0.25, 0.3) is 0 Å². The van der Waals surface area contributed by atoms with Crippen molar-refractivity contribution in [3.05, 3.63) is 24.3 Å². The number of aliphatic hydroxyl groups excluding tert-OH is 1. The number of fused-ring (bicyclic) bond motifs is 1. The Morgan fingerprint density at radius 3 is 2.65 bits per heavy atom. The molecule has 2 amide bonds. The van der Waals surface area contributed by atoms with Crippen molar-refractivity contribution in [3.8, 4) is 5.75 Å². The third-order valence-electron chi connectivity index (χ3n) is 6.75.